The van der Waals surface area contributed by atoms with Crippen LogP contribution in [0.25, 0.3) is 0 Å². The average molecular weight is 337 g/mol. The molecule has 3 amide bonds. The molecule has 2 aliphatic rings. The highest BCUT2D eigenvalue weighted by molar-refractivity contribution is 6.16. The van der Waals surface area contributed by atoms with Gasteiger partial charge in [0.1, 0.15) is 0 Å². The van der Waals surface area contributed by atoms with Crippen molar-refractivity contribution in [2.75, 3.05) is 14.2 Å². The Labute approximate surface area is 138 Å². The maximum atomic E-state index is 12.7. The summed E-state index contributed by atoms with van der Waals surface area (Å²) in [6.45, 7) is 3.63. The highest BCUT2D eigenvalue weighted by atomic mass is 16.5. The van der Waals surface area contributed by atoms with Crippen molar-refractivity contribution in [3.05, 3.63) is 12.7 Å². The third-order valence-corrected chi connectivity index (χ3v) is 4.71. The van der Waals surface area contributed by atoms with Crippen LogP contribution in [-0.4, -0.2) is 48.8 Å². The van der Waals surface area contributed by atoms with Crippen LogP contribution in [0.2, 0.25) is 0 Å². The number of nitrogens with zero attached hydrogens (tertiary/aromatic N) is 1. The van der Waals surface area contributed by atoms with Crippen molar-refractivity contribution >= 4 is 29.7 Å². The normalized spacial score (nSPS) is 25.5. The van der Waals surface area contributed by atoms with Crippen LogP contribution in [0.15, 0.2) is 12.7 Å². The van der Waals surface area contributed by atoms with Crippen molar-refractivity contribution in [2.45, 2.75) is 25.7 Å². The topological polar surface area (TPSA) is 107 Å². The van der Waals surface area contributed by atoms with Crippen LogP contribution in [-0.2, 0) is 33.4 Å². The summed E-state index contributed by atoms with van der Waals surface area (Å²) in [7, 11) is 2.28. The minimum absolute atomic E-state index is 0.0187. The van der Waals surface area contributed by atoms with Crippen molar-refractivity contribution in [3.63, 3.8) is 0 Å². The fraction of sp³-hybridized carbons (Fsp3) is 0.562. The van der Waals surface area contributed by atoms with Crippen molar-refractivity contribution in [3.8, 4) is 0 Å². The molecule has 0 aromatic heterocycles. The number of ether oxygens (including phenoxy) is 2. The van der Waals surface area contributed by atoms with Gasteiger partial charge in [-0.05, 0) is 18.8 Å². The van der Waals surface area contributed by atoms with E-state index in [0.29, 0.717) is 4.90 Å². The van der Waals surface area contributed by atoms with Crippen LogP contribution in [0.4, 0.5) is 0 Å². The van der Waals surface area contributed by atoms with E-state index in [1.807, 2.05) is 0 Å². The molecule has 8 heteroatoms. The Morgan fingerprint density at radius 2 is 1.58 bits per heavy atom. The average Bonchev–Trinajstić information content (AvgIpc) is 3.14. The lowest BCUT2D eigenvalue weighted by Crippen LogP contribution is -2.42. The number of amides is 3. The Kier molecular flexibility index (Phi) is 4.86. The first kappa shape index (κ1) is 17.8. The maximum Gasteiger partial charge on any atom is 0.323 e. The van der Waals surface area contributed by atoms with E-state index in [4.69, 9.17) is 9.47 Å². The van der Waals surface area contributed by atoms with Gasteiger partial charge < -0.3 is 9.47 Å². The number of allylic oxidation sites excluding steroid dienone is 1. The Balaban J connectivity index is 2.37. The van der Waals surface area contributed by atoms with Gasteiger partial charge in [0.2, 0.25) is 17.7 Å². The molecule has 0 unspecified atom stereocenters. The maximum absolute atomic E-state index is 12.7. The minimum atomic E-state index is -1.64. The molecule has 1 saturated carbocycles. The number of likely N-dealkylation sites (tertiary alicyclic amines) is 1. The lowest BCUT2D eigenvalue weighted by atomic mass is 9.85. The number of methoxy groups -OCH3 is 2. The van der Waals surface area contributed by atoms with Gasteiger partial charge in [-0.25, -0.2) is 4.90 Å². The van der Waals surface area contributed by atoms with Gasteiger partial charge in [0.25, 0.3) is 0 Å². The summed E-state index contributed by atoms with van der Waals surface area (Å²) in [5.74, 6) is -4.92. The van der Waals surface area contributed by atoms with E-state index in [9.17, 15) is 24.0 Å². The fourth-order valence-electron chi connectivity index (χ4n) is 3.47. The molecule has 1 aliphatic carbocycles. The van der Waals surface area contributed by atoms with Gasteiger partial charge in [-0.2, -0.15) is 0 Å². The van der Waals surface area contributed by atoms with E-state index in [-0.39, 0.29) is 25.7 Å². The lowest BCUT2D eigenvalue weighted by molar-refractivity contribution is -0.169. The second kappa shape index (κ2) is 6.54. The quantitative estimate of drug-likeness (QED) is 0.312. The largest absolute Gasteiger partial charge is 0.468 e. The summed E-state index contributed by atoms with van der Waals surface area (Å²) in [6.07, 6.45) is 1.19. The van der Waals surface area contributed by atoms with Crippen molar-refractivity contribution in [2.24, 2.45) is 17.3 Å². The Morgan fingerprint density at radius 3 is 2.00 bits per heavy atom. The SMILES string of the molecule is C=C[C@@H]1CC(C(=O)OC)(C(=O)OC)C[C@H]1C(=O)N1C(=O)CCC1=O. The van der Waals surface area contributed by atoms with Crippen molar-refractivity contribution in [1.29, 1.82) is 0 Å². The van der Waals surface area contributed by atoms with E-state index in [1.54, 1.807) is 0 Å². The Hall–Kier alpha value is -2.51. The first-order valence-corrected chi connectivity index (χ1v) is 7.51. The molecule has 0 spiro atoms. The van der Waals surface area contributed by atoms with Crippen molar-refractivity contribution in [1.82, 2.24) is 4.90 Å². The van der Waals surface area contributed by atoms with Gasteiger partial charge in [0.05, 0.1) is 14.2 Å². The second-order valence-corrected chi connectivity index (χ2v) is 5.94. The first-order chi connectivity index (χ1) is 11.3. The number of carbonyl (C=O) groups excluding carboxylic acids is 5. The van der Waals surface area contributed by atoms with E-state index in [1.165, 1.54) is 6.08 Å². The number of hydrogen-bond acceptors (Lipinski definition) is 7. The summed E-state index contributed by atoms with van der Waals surface area (Å²) in [4.78, 5) is 61.3. The molecule has 1 heterocycles. The molecule has 8 nitrogen and oxygen atoms in total. The van der Waals surface area contributed by atoms with Crippen molar-refractivity contribution < 1.29 is 33.4 Å². The molecule has 0 aromatic carbocycles. The molecule has 0 bridgehead atoms. The highest BCUT2D eigenvalue weighted by Gasteiger charge is 2.59. The summed E-state index contributed by atoms with van der Waals surface area (Å²) in [6, 6.07) is 0. The summed E-state index contributed by atoms with van der Waals surface area (Å²) < 4.78 is 9.43. The van der Waals surface area contributed by atoms with Crippen LogP contribution in [0.3, 0.4) is 0 Å². The van der Waals surface area contributed by atoms with E-state index in [0.717, 1.165) is 14.2 Å². The smallest absolute Gasteiger partial charge is 0.323 e. The van der Waals surface area contributed by atoms with Crippen LogP contribution in [0.1, 0.15) is 25.7 Å². The number of hydrogen-bond donors (Lipinski definition) is 0. The zero-order chi connectivity index (χ0) is 18.1. The van der Waals surface area contributed by atoms with Crippen LogP contribution in [0, 0.1) is 17.3 Å². The van der Waals surface area contributed by atoms with Gasteiger partial charge in [0.15, 0.2) is 5.41 Å². The third-order valence-electron chi connectivity index (χ3n) is 4.71. The molecule has 130 valence electrons. The van der Waals surface area contributed by atoms with E-state index >= 15 is 0 Å². The molecule has 0 aromatic rings. The molecule has 0 N–H and O–H groups in total. The predicted octanol–water partition coefficient (Wildman–Crippen LogP) is 0.207. The first-order valence-electron chi connectivity index (χ1n) is 7.51. The number of esters is 2. The predicted molar refractivity (Wildman–Crippen MR) is 79.0 cm³/mol. The molecular formula is C16H19NO7. The fourth-order valence-corrected chi connectivity index (χ4v) is 3.47. The Bertz CT molecular complexity index is 592. The van der Waals surface area contributed by atoms with E-state index in [2.05, 4.69) is 6.58 Å². The van der Waals surface area contributed by atoms with Crippen LogP contribution in [0.5, 0.6) is 0 Å². The summed E-state index contributed by atoms with van der Waals surface area (Å²) >= 11 is 0. The third kappa shape index (κ3) is 2.61. The Morgan fingerprint density at radius 1 is 1.08 bits per heavy atom. The molecule has 0 radical (unpaired) electrons. The number of carbonyl (C=O) groups is 5. The molecule has 24 heavy (non-hydrogen) atoms. The van der Waals surface area contributed by atoms with Gasteiger partial charge in [-0.3, -0.25) is 24.0 Å². The number of rotatable bonds is 4. The molecule has 1 saturated heterocycles. The minimum Gasteiger partial charge on any atom is -0.468 e. The summed E-state index contributed by atoms with van der Waals surface area (Å²) in [5, 5.41) is 0. The number of imide groups is 3. The van der Waals surface area contributed by atoms with Gasteiger partial charge in [0, 0.05) is 18.8 Å². The molecule has 2 atom stereocenters. The molecule has 1 aliphatic heterocycles. The van der Waals surface area contributed by atoms with Crippen LogP contribution < -0.4 is 0 Å². The second-order valence-electron chi connectivity index (χ2n) is 5.94. The lowest BCUT2D eigenvalue weighted by Gasteiger charge is -2.23. The molecule has 2 fully saturated rings. The standard InChI is InChI=1S/C16H19NO7/c1-4-9-7-16(14(21)23-2,15(22)24-3)8-10(9)13(20)17-11(18)5-6-12(17)19/h4,9-10H,1,5-8H2,2-3H3/t9-,10-/m1/s1. The van der Waals surface area contributed by atoms with Gasteiger partial charge in [-0.15, -0.1) is 6.58 Å². The van der Waals surface area contributed by atoms with Crippen LogP contribution >= 0.6 is 0 Å². The molecular weight excluding hydrogens is 318 g/mol. The zero-order valence-corrected chi connectivity index (χ0v) is 13.6. The molecule has 2 rings (SSSR count). The van der Waals surface area contributed by atoms with Gasteiger partial charge >= 0.3 is 11.9 Å². The highest BCUT2D eigenvalue weighted by Crippen LogP contribution is 2.48. The monoisotopic (exact) mass is 337 g/mol. The zero-order valence-electron chi connectivity index (χ0n) is 13.6. The van der Waals surface area contributed by atoms with Gasteiger partial charge in [-0.1, -0.05) is 6.08 Å². The summed E-state index contributed by atoms with van der Waals surface area (Å²) in [5.41, 5.74) is -1.64. The van der Waals surface area contributed by atoms with E-state index < -0.39 is 46.9 Å².